The Labute approximate surface area is 116 Å². The van der Waals surface area contributed by atoms with E-state index in [9.17, 15) is 4.79 Å². The fourth-order valence-electron chi connectivity index (χ4n) is 1.19. The lowest BCUT2D eigenvalue weighted by molar-refractivity contribution is 0.0946. The van der Waals surface area contributed by atoms with Gasteiger partial charge in [-0.2, -0.15) is 11.8 Å². The van der Waals surface area contributed by atoms with Gasteiger partial charge in [-0.05, 0) is 32.2 Å². The Balaban J connectivity index is 2.69. The van der Waals surface area contributed by atoms with E-state index in [0.717, 1.165) is 0 Å². The van der Waals surface area contributed by atoms with Gasteiger partial charge in [-0.3, -0.25) is 9.78 Å². The number of amidine groups is 1. The summed E-state index contributed by atoms with van der Waals surface area (Å²) in [6, 6.07) is 3.12. The normalized spacial score (nSPS) is 12.3. The first-order valence-electron chi connectivity index (χ1n) is 5.67. The van der Waals surface area contributed by atoms with Gasteiger partial charge >= 0.3 is 0 Å². The number of nitrogens with one attached hydrogen (secondary N) is 1. The van der Waals surface area contributed by atoms with E-state index >= 15 is 0 Å². The molecule has 0 unspecified atom stereocenters. The van der Waals surface area contributed by atoms with Crippen molar-refractivity contribution in [2.45, 2.75) is 18.6 Å². The van der Waals surface area contributed by atoms with Crippen LogP contribution in [0.1, 0.15) is 29.9 Å². The summed E-state index contributed by atoms with van der Waals surface area (Å²) in [4.78, 5) is 15.8. The Morgan fingerprint density at radius 3 is 2.74 bits per heavy atom. The molecule has 19 heavy (non-hydrogen) atoms. The van der Waals surface area contributed by atoms with Crippen LogP contribution in [0.2, 0.25) is 0 Å². The topological polar surface area (TPSA) is 101 Å². The second-order valence-corrected chi connectivity index (χ2v) is 6.08. The molecule has 6 nitrogen and oxygen atoms in total. The van der Waals surface area contributed by atoms with Crippen LogP contribution in [0.4, 0.5) is 0 Å². The molecule has 0 aliphatic carbocycles. The number of nitrogens with zero attached hydrogens (tertiary/aromatic N) is 2. The van der Waals surface area contributed by atoms with Gasteiger partial charge in [-0.25, -0.2) is 0 Å². The summed E-state index contributed by atoms with van der Waals surface area (Å²) >= 11 is 1.68. The summed E-state index contributed by atoms with van der Waals surface area (Å²) in [6.45, 7) is 4.65. The number of carbonyl (C=O) groups is 1. The third kappa shape index (κ3) is 4.44. The molecule has 0 bridgehead atoms. The molecule has 0 saturated heterocycles. The first kappa shape index (κ1) is 15.3. The first-order chi connectivity index (χ1) is 8.89. The Bertz CT molecular complexity index is 471. The molecular weight excluding hydrogens is 264 g/mol. The van der Waals surface area contributed by atoms with Crippen molar-refractivity contribution in [2.24, 2.45) is 10.9 Å². The average molecular weight is 282 g/mol. The molecule has 104 valence electrons. The highest BCUT2D eigenvalue weighted by molar-refractivity contribution is 7.99. The Kier molecular flexibility index (Phi) is 5.17. The van der Waals surface area contributed by atoms with Crippen molar-refractivity contribution in [1.82, 2.24) is 10.3 Å². The third-order valence-electron chi connectivity index (χ3n) is 2.63. The average Bonchev–Trinajstić information content (AvgIpc) is 2.44. The van der Waals surface area contributed by atoms with Gasteiger partial charge in [-0.15, -0.1) is 0 Å². The van der Waals surface area contributed by atoms with Gasteiger partial charge in [0.2, 0.25) is 0 Å². The zero-order valence-electron chi connectivity index (χ0n) is 11.2. The monoisotopic (exact) mass is 282 g/mol. The minimum atomic E-state index is -0.242. The van der Waals surface area contributed by atoms with Crippen molar-refractivity contribution in [3.63, 3.8) is 0 Å². The Morgan fingerprint density at radius 2 is 2.26 bits per heavy atom. The standard InChI is InChI=1S/C12H18N4O2S/c1-12(2,19-3)7-15-11(17)9-5-4-8(6-14-9)10(13)16-18/h4-6,18H,7H2,1-3H3,(H2,13,16)(H,15,17). The highest BCUT2D eigenvalue weighted by atomic mass is 32.2. The maximum absolute atomic E-state index is 11.9. The quantitative estimate of drug-likeness (QED) is 0.324. The van der Waals surface area contributed by atoms with Gasteiger partial charge in [0.1, 0.15) is 5.69 Å². The number of aromatic nitrogens is 1. The summed E-state index contributed by atoms with van der Waals surface area (Å²) in [7, 11) is 0. The van der Waals surface area contributed by atoms with Gasteiger partial charge in [0.05, 0.1) is 0 Å². The molecule has 1 amide bonds. The van der Waals surface area contributed by atoms with Crippen LogP contribution in [-0.2, 0) is 0 Å². The molecule has 1 heterocycles. The lowest BCUT2D eigenvalue weighted by atomic mass is 10.2. The van der Waals surface area contributed by atoms with Gasteiger partial charge in [-0.1, -0.05) is 5.16 Å². The van der Waals surface area contributed by atoms with E-state index in [4.69, 9.17) is 10.9 Å². The second kappa shape index (κ2) is 6.42. The van der Waals surface area contributed by atoms with E-state index in [1.807, 2.05) is 20.1 Å². The van der Waals surface area contributed by atoms with Gasteiger partial charge in [0.15, 0.2) is 5.84 Å². The number of hydrogen-bond donors (Lipinski definition) is 3. The molecule has 0 aliphatic heterocycles. The van der Waals surface area contributed by atoms with Crippen molar-refractivity contribution in [3.05, 3.63) is 29.6 Å². The molecule has 0 atom stereocenters. The van der Waals surface area contributed by atoms with Crippen molar-refractivity contribution >= 4 is 23.5 Å². The maximum atomic E-state index is 11.9. The van der Waals surface area contributed by atoms with Crippen LogP contribution in [0.15, 0.2) is 23.5 Å². The molecule has 0 saturated carbocycles. The molecular formula is C12H18N4O2S. The van der Waals surface area contributed by atoms with Crippen LogP contribution < -0.4 is 11.1 Å². The van der Waals surface area contributed by atoms with E-state index in [1.165, 1.54) is 12.3 Å². The van der Waals surface area contributed by atoms with E-state index < -0.39 is 0 Å². The van der Waals surface area contributed by atoms with Crippen molar-refractivity contribution in [1.29, 1.82) is 0 Å². The number of hydrogen-bond acceptors (Lipinski definition) is 5. The maximum Gasteiger partial charge on any atom is 0.269 e. The summed E-state index contributed by atoms with van der Waals surface area (Å²) in [5.41, 5.74) is 6.17. The summed E-state index contributed by atoms with van der Waals surface area (Å²) in [5, 5.41) is 14.2. The highest BCUT2D eigenvalue weighted by Crippen LogP contribution is 2.19. The number of thioether (sulfide) groups is 1. The molecule has 0 fully saturated rings. The number of nitrogens with two attached hydrogens (primary N) is 1. The Hall–Kier alpha value is -1.76. The van der Waals surface area contributed by atoms with Gasteiger partial charge in [0, 0.05) is 23.1 Å². The smallest absolute Gasteiger partial charge is 0.269 e. The van der Waals surface area contributed by atoms with Crippen molar-refractivity contribution in [2.75, 3.05) is 12.8 Å². The van der Waals surface area contributed by atoms with E-state index in [-0.39, 0.29) is 16.5 Å². The van der Waals surface area contributed by atoms with E-state index in [1.54, 1.807) is 17.8 Å². The molecule has 0 aliphatic rings. The summed E-state index contributed by atoms with van der Waals surface area (Å²) < 4.78 is -0.0242. The first-order valence-corrected chi connectivity index (χ1v) is 6.89. The lowest BCUT2D eigenvalue weighted by Crippen LogP contribution is -2.36. The molecule has 0 spiro atoms. The summed E-state index contributed by atoms with van der Waals surface area (Å²) in [5.74, 6) is -0.281. The molecule has 1 aromatic rings. The largest absolute Gasteiger partial charge is 0.409 e. The molecule has 0 aromatic carbocycles. The van der Waals surface area contributed by atoms with Crippen LogP contribution in [-0.4, -0.2) is 39.5 Å². The lowest BCUT2D eigenvalue weighted by Gasteiger charge is -2.22. The van der Waals surface area contributed by atoms with E-state index in [0.29, 0.717) is 17.8 Å². The minimum Gasteiger partial charge on any atom is -0.409 e. The zero-order chi connectivity index (χ0) is 14.5. The Morgan fingerprint density at radius 1 is 1.58 bits per heavy atom. The van der Waals surface area contributed by atoms with Crippen LogP contribution >= 0.6 is 11.8 Å². The van der Waals surface area contributed by atoms with Crippen molar-refractivity contribution in [3.8, 4) is 0 Å². The van der Waals surface area contributed by atoms with Gasteiger partial charge in [0.25, 0.3) is 5.91 Å². The fourth-order valence-corrected chi connectivity index (χ4v) is 1.41. The number of oxime groups is 1. The van der Waals surface area contributed by atoms with Crippen LogP contribution in [0.25, 0.3) is 0 Å². The van der Waals surface area contributed by atoms with Gasteiger partial charge < -0.3 is 16.3 Å². The number of rotatable bonds is 5. The molecule has 1 aromatic heterocycles. The molecule has 7 heteroatoms. The van der Waals surface area contributed by atoms with Crippen LogP contribution in [0.3, 0.4) is 0 Å². The number of carbonyl (C=O) groups excluding carboxylic acids is 1. The van der Waals surface area contributed by atoms with Crippen LogP contribution in [0.5, 0.6) is 0 Å². The number of pyridine rings is 1. The fraction of sp³-hybridized carbons (Fsp3) is 0.417. The third-order valence-corrected chi connectivity index (χ3v) is 3.88. The molecule has 0 radical (unpaired) electrons. The highest BCUT2D eigenvalue weighted by Gasteiger charge is 2.18. The van der Waals surface area contributed by atoms with Crippen LogP contribution in [0, 0.1) is 0 Å². The van der Waals surface area contributed by atoms with E-state index in [2.05, 4.69) is 15.5 Å². The molecule has 1 rings (SSSR count). The predicted octanol–water partition coefficient (Wildman–Crippen LogP) is 1.05. The predicted molar refractivity (Wildman–Crippen MR) is 76.7 cm³/mol. The second-order valence-electron chi connectivity index (χ2n) is 4.56. The number of amides is 1. The zero-order valence-corrected chi connectivity index (χ0v) is 12.0. The minimum absolute atomic E-state index is 0.0242. The van der Waals surface area contributed by atoms with Crippen molar-refractivity contribution < 1.29 is 10.0 Å². The molecule has 4 N–H and O–H groups in total. The summed E-state index contributed by atoms with van der Waals surface area (Å²) in [6.07, 6.45) is 3.39. The SMILES string of the molecule is CSC(C)(C)CNC(=O)c1ccc(/C(N)=N/O)cn1.